The van der Waals surface area contributed by atoms with Gasteiger partial charge in [0, 0.05) is 18.0 Å². The van der Waals surface area contributed by atoms with Gasteiger partial charge < -0.3 is 9.47 Å². The summed E-state index contributed by atoms with van der Waals surface area (Å²) in [5.41, 5.74) is 0.962. The van der Waals surface area contributed by atoms with Crippen LogP contribution in [0.4, 0.5) is 0 Å². The van der Waals surface area contributed by atoms with Gasteiger partial charge in [-0.1, -0.05) is 18.6 Å². The molecule has 0 saturated carbocycles. The second kappa shape index (κ2) is 8.34. The third-order valence-corrected chi connectivity index (χ3v) is 5.20. The van der Waals surface area contributed by atoms with Crippen LogP contribution in [0.1, 0.15) is 37.7 Å². The first-order valence-corrected chi connectivity index (χ1v) is 8.99. The van der Waals surface area contributed by atoms with Crippen LogP contribution in [0.15, 0.2) is 30.3 Å². The van der Waals surface area contributed by atoms with E-state index in [0.717, 1.165) is 11.3 Å². The number of hydrogen-bond donors (Lipinski definition) is 0. The van der Waals surface area contributed by atoms with E-state index in [1.54, 1.807) is 13.2 Å². The molecule has 1 aromatic carbocycles. The third kappa shape index (κ3) is 4.38. The molecule has 0 aliphatic carbocycles. The van der Waals surface area contributed by atoms with E-state index in [1.807, 2.05) is 24.3 Å². The standard InChI is InChI=1S/C20H27NO3/c1-23-18-10-7-16(8-11-18)9-12-20(22)24-15-17-5-4-14-21-13-3-2-6-19(17)21/h7-12,17,19H,2-6,13-15H2,1H3. The van der Waals surface area contributed by atoms with Gasteiger partial charge in [-0.2, -0.15) is 0 Å². The Bertz CT molecular complexity index is 565. The molecule has 0 radical (unpaired) electrons. The van der Waals surface area contributed by atoms with Crippen molar-refractivity contribution in [3.8, 4) is 5.75 Å². The van der Waals surface area contributed by atoms with Gasteiger partial charge in [0.2, 0.25) is 0 Å². The number of rotatable bonds is 5. The predicted octanol–water partition coefficient (Wildman–Crippen LogP) is 3.52. The third-order valence-electron chi connectivity index (χ3n) is 5.20. The van der Waals surface area contributed by atoms with E-state index in [2.05, 4.69) is 4.90 Å². The zero-order chi connectivity index (χ0) is 16.8. The Morgan fingerprint density at radius 3 is 2.75 bits per heavy atom. The molecular weight excluding hydrogens is 302 g/mol. The molecule has 130 valence electrons. The molecule has 2 heterocycles. The van der Waals surface area contributed by atoms with E-state index < -0.39 is 0 Å². The fourth-order valence-electron chi connectivity index (χ4n) is 3.89. The van der Waals surface area contributed by atoms with Gasteiger partial charge in [0.05, 0.1) is 13.7 Å². The van der Waals surface area contributed by atoms with Crippen molar-refractivity contribution in [1.82, 2.24) is 4.90 Å². The monoisotopic (exact) mass is 329 g/mol. The summed E-state index contributed by atoms with van der Waals surface area (Å²) in [6, 6.07) is 8.22. The lowest BCUT2D eigenvalue weighted by atomic mass is 9.84. The Morgan fingerprint density at radius 2 is 1.96 bits per heavy atom. The summed E-state index contributed by atoms with van der Waals surface area (Å²) >= 11 is 0. The molecule has 2 atom stereocenters. The molecule has 24 heavy (non-hydrogen) atoms. The molecule has 0 aromatic heterocycles. The van der Waals surface area contributed by atoms with Crippen LogP contribution in [0, 0.1) is 5.92 Å². The maximum Gasteiger partial charge on any atom is 0.330 e. The number of piperidine rings is 2. The maximum absolute atomic E-state index is 12.0. The molecule has 1 aromatic rings. The topological polar surface area (TPSA) is 38.8 Å². The van der Waals surface area contributed by atoms with E-state index >= 15 is 0 Å². The molecule has 2 unspecified atom stereocenters. The summed E-state index contributed by atoms with van der Waals surface area (Å²) in [4.78, 5) is 14.6. The van der Waals surface area contributed by atoms with Gasteiger partial charge in [0.25, 0.3) is 0 Å². The first kappa shape index (κ1) is 17.0. The minimum absolute atomic E-state index is 0.251. The van der Waals surface area contributed by atoms with Crippen molar-refractivity contribution in [2.45, 2.75) is 38.1 Å². The van der Waals surface area contributed by atoms with Crippen LogP contribution in [0.25, 0.3) is 6.08 Å². The fourth-order valence-corrected chi connectivity index (χ4v) is 3.89. The molecular formula is C20H27NO3. The smallest absolute Gasteiger partial charge is 0.330 e. The molecule has 3 rings (SSSR count). The summed E-state index contributed by atoms with van der Waals surface area (Å²) in [5.74, 6) is 1.06. The highest BCUT2D eigenvalue weighted by Gasteiger charge is 2.33. The van der Waals surface area contributed by atoms with Gasteiger partial charge in [-0.05, 0) is 62.5 Å². The first-order valence-electron chi connectivity index (χ1n) is 8.99. The van der Waals surface area contributed by atoms with Gasteiger partial charge in [-0.15, -0.1) is 0 Å². The van der Waals surface area contributed by atoms with Crippen LogP contribution in [0.2, 0.25) is 0 Å². The van der Waals surface area contributed by atoms with Crippen LogP contribution < -0.4 is 4.74 Å². The number of fused-ring (bicyclic) bond motifs is 1. The number of ether oxygens (including phenoxy) is 2. The highest BCUT2D eigenvalue weighted by Crippen LogP contribution is 2.31. The van der Waals surface area contributed by atoms with Crippen molar-refractivity contribution in [3.63, 3.8) is 0 Å². The van der Waals surface area contributed by atoms with Crippen LogP contribution >= 0.6 is 0 Å². The number of esters is 1. The van der Waals surface area contributed by atoms with E-state index in [4.69, 9.17) is 9.47 Å². The Morgan fingerprint density at radius 1 is 1.17 bits per heavy atom. The van der Waals surface area contributed by atoms with Crippen LogP contribution in [0.3, 0.4) is 0 Å². The minimum atomic E-state index is -0.251. The van der Waals surface area contributed by atoms with Gasteiger partial charge in [0.15, 0.2) is 0 Å². The number of benzene rings is 1. The lowest BCUT2D eigenvalue weighted by Crippen LogP contribution is -2.49. The van der Waals surface area contributed by atoms with Gasteiger partial charge >= 0.3 is 5.97 Å². The Hall–Kier alpha value is -1.81. The average Bonchev–Trinajstić information content (AvgIpc) is 2.65. The zero-order valence-corrected chi connectivity index (χ0v) is 14.4. The number of carbonyl (C=O) groups is 1. The molecule has 2 aliphatic rings. The van der Waals surface area contributed by atoms with E-state index in [1.165, 1.54) is 51.3 Å². The molecule has 2 aliphatic heterocycles. The number of methoxy groups -OCH3 is 1. The number of carbonyl (C=O) groups excluding carboxylic acids is 1. The Labute approximate surface area is 144 Å². The highest BCUT2D eigenvalue weighted by atomic mass is 16.5. The summed E-state index contributed by atoms with van der Waals surface area (Å²) in [6.07, 6.45) is 9.58. The highest BCUT2D eigenvalue weighted by molar-refractivity contribution is 5.87. The normalized spacial score (nSPS) is 24.5. The van der Waals surface area contributed by atoms with Crippen LogP contribution in [0.5, 0.6) is 5.75 Å². The molecule has 2 saturated heterocycles. The lowest BCUT2D eigenvalue weighted by molar-refractivity contribution is -0.140. The van der Waals surface area contributed by atoms with E-state index in [0.29, 0.717) is 18.6 Å². The second-order valence-corrected chi connectivity index (χ2v) is 6.74. The molecule has 0 N–H and O–H groups in total. The largest absolute Gasteiger partial charge is 0.497 e. The fraction of sp³-hybridized carbons (Fsp3) is 0.550. The molecule has 4 heteroatoms. The molecule has 0 bridgehead atoms. The second-order valence-electron chi connectivity index (χ2n) is 6.74. The minimum Gasteiger partial charge on any atom is -0.497 e. The van der Waals surface area contributed by atoms with Crippen molar-refractivity contribution < 1.29 is 14.3 Å². The zero-order valence-electron chi connectivity index (χ0n) is 14.4. The van der Waals surface area contributed by atoms with E-state index in [9.17, 15) is 4.79 Å². The Kier molecular flexibility index (Phi) is 5.91. The summed E-state index contributed by atoms with van der Waals surface area (Å²) < 4.78 is 10.6. The molecule has 0 spiro atoms. The Balaban J connectivity index is 1.48. The van der Waals surface area contributed by atoms with Crippen molar-refractivity contribution in [3.05, 3.63) is 35.9 Å². The quantitative estimate of drug-likeness (QED) is 0.612. The summed E-state index contributed by atoms with van der Waals surface area (Å²) in [5, 5.41) is 0. The first-order chi connectivity index (χ1) is 11.8. The SMILES string of the molecule is COc1ccc(C=CC(=O)OCC2CCCN3CCCCC23)cc1. The van der Waals surface area contributed by atoms with E-state index in [-0.39, 0.29) is 5.97 Å². The molecule has 2 fully saturated rings. The predicted molar refractivity (Wildman–Crippen MR) is 94.9 cm³/mol. The van der Waals surface area contributed by atoms with Crippen LogP contribution in [-0.4, -0.2) is 43.7 Å². The van der Waals surface area contributed by atoms with Gasteiger partial charge in [0.1, 0.15) is 5.75 Å². The van der Waals surface area contributed by atoms with Gasteiger partial charge in [-0.3, -0.25) is 4.90 Å². The molecule has 0 amide bonds. The summed E-state index contributed by atoms with van der Waals surface area (Å²) in [7, 11) is 1.64. The van der Waals surface area contributed by atoms with Crippen molar-refractivity contribution >= 4 is 12.0 Å². The number of hydrogen-bond acceptors (Lipinski definition) is 4. The van der Waals surface area contributed by atoms with Crippen molar-refractivity contribution in [1.29, 1.82) is 0 Å². The summed E-state index contributed by atoms with van der Waals surface area (Å²) in [6.45, 7) is 2.98. The van der Waals surface area contributed by atoms with Crippen molar-refractivity contribution in [2.24, 2.45) is 5.92 Å². The lowest BCUT2D eigenvalue weighted by Gasteiger charge is -2.44. The van der Waals surface area contributed by atoms with Crippen LogP contribution in [-0.2, 0) is 9.53 Å². The molecule has 4 nitrogen and oxygen atoms in total. The van der Waals surface area contributed by atoms with Crippen molar-refractivity contribution in [2.75, 3.05) is 26.8 Å². The maximum atomic E-state index is 12.0. The van der Waals surface area contributed by atoms with Gasteiger partial charge in [-0.25, -0.2) is 4.79 Å². The number of nitrogens with zero attached hydrogens (tertiary/aromatic N) is 1. The average molecular weight is 329 g/mol.